The van der Waals surface area contributed by atoms with Gasteiger partial charge in [-0.25, -0.2) is 4.68 Å². The smallest absolute Gasteiger partial charge is 0.136 e. The van der Waals surface area contributed by atoms with E-state index in [1.54, 1.807) is 19.2 Å². The molecule has 0 radical (unpaired) electrons. The van der Waals surface area contributed by atoms with Gasteiger partial charge in [0.05, 0.1) is 23.0 Å². The van der Waals surface area contributed by atoms with Crippen LogP contribution in [-0.4, -0.2) is 25.1 Å². The van der Waals surface area contributed by atoms with Gasteiger partial charge >= 0.3 is 0 Å². The van der Waals surface area contributed by atoms with Crippen LogP contribution in [-0.2, 0) is 13.7 Å². The Morgan fingerprint density at radius 2 is 2.27 bits per heavy atom. The van der Waals surface area contributed by atoms with Gasteiger partial charge in [-0.3, -0.25) is 4.98 Å². The number of aryl methyl sites for hydroxylation is 1. The van der Waals surface area contributed by atoms with Crippen LogP contribution in [0.25, 0.3) is 11.4 Å². The van der Waals surface area contributed by atoms with Crippen molar-refractivity contribution in [1.82, 2.24) is 20.0 Å². The zero-order chi connectivity index (χ0) is 10.8. The van der Waals surface area contributed by atoms with Gasteiger partial charge in [-0.15, -0.1) is 5.10 Å². The molecule has 0 fully saturated rings. The highest BCUT2D eigenvalue weighted by atomic mass is 35.5. The molecule has 0 saturated heterocycles. The Morgan fingerprint density at radius 3 is 2.87 bits per heavy atom. The van der Waals surface area contributed by atoms with Crippen molar-refractivity contribution in [1.29, 1.82) is 0 Å². The number of nitrogens with zero attached hydrogens (tertiary/aromatic N) is 4. The van der Waals surface area contributed by atoms with E-state index in [0.29, 0.717) is 22.1 Å². The summed E-state index contributed by atoms with van der Waals surface area (Å²) in [4.78, 5) is 4.11. The van der Waals surface area contributed by atoms with Gasteiger partial charge in [-0.2, -0.15) is 0 Å². The van der Waals surface area contributed by atoms with Gasteiger partial charge in [0.25, 0.3) is 0 Å². The Bertz CT molecular complexity index is 465. The van der Waals surface area contributed by atoms with Crippen molar-refractivity contribution in [3.05, 3.63) is 29.0 Å². The molecular formula is C9H9ClN4O. The molecule has 0 spiro atoms. The van der Waals surface area contributed by atoms with E-state index in [2.05, 4.69) is 15.3 Å². The van der Waals surface area contributed by atoms with Gasteiger partial charge in [-0.1, -0.05) is 16.8 Å². The molecule has 0 atom stereocenters. The van der Waals surface area contributed by atoms with Crippen LogP contribution < -0.4 is 0 Å². The van der Waals surface area contributed by atoms with Crippen LogP contribution in [0.5, 0.6) is 0 Å². The molecule has 5 nitrogen and oxygen atoms in total. The van der Waals surface area contributed by atoms with E-state index >= 15 is 0 Å². The Hall–Kier alpha value is -1.46. The number of aromatic nitrogens is 4. The molecule has 2 rings (SSSR count). The number of hydrogen-bond acceptors (Lipinski definition) is 4. The van der Waals surface area contributed by atoms with E-state index in [9.17, 15) is 0 Å². The highest BCUT2D eigenvalue weighted by Gasteiger charge is 2.12. The summed E-state index contributed by atoms with van der Waals surface area (Å²) in [5.41, 5.74) is 1.86. The van der Waals surface area contributed by atoms with Crippen LogP contribution in [0.4, 0.5) is 0 Å². The SMILES string of the molecule is Cn1nnc(-c2ccc(Cl)cn2)c1CO. The molecule has 6 heteroatoms. The molecule has 1 N–H and O–H groups in total. The molecule has 0 aromatic carbocycles. The van der Waals surface area contributed by atoms with Crippen molar-refractivity contribution in [3.8, 4) is 11.4 Å². The van der Waals surface area contributed by atoms with E-state index in [4.69, 9.17) is 16.7 Å². The summed E-state index contributed by atoms with van der Waals surface area (Å²) in [5, 5.41) is 17.5. The maximum absolute atomic E-state index is 9.15. The van der Waals surface area contributed by atoms with Gasteiger partial charge in [0.15, 0.2) is 0 Å². The summed E-state index contributed by atoms with van der Waals surface area (Å²) in [6.45, 7) is -0.122. The molecule has 0 amide bonds. The molecule has 2 aromatic heterocycles. The second-order valence-electron chi connectivity index (χ2n) is 3.03. The predicted molar refractivity (Wildman–Crippen MR) is 55.2 cm³/mol. The van der Waals surface area contributed by atoms with Crippen LogP contribution in [0, 0.1) is 0 Å². The van der Waals surface area contributed by atoms with Crippen LogP contribution >= 0.6 is 11.6 Å². The van der Waals surface area contributed by atoms with Crippen molar-refractivity contribution in [2.24, 2.45) is 7.05 Å². The summed E-state index contributed by atoms with van der Waals surface area (Å²) in [5.74, 6) is 0. The molecule has 15 heavy (non-hydrogen) atoms. The summed E-state index contributed by atoms with van der Waals surface area (Å²) in [7, 11) is 1.72. The molecule has 0 aliphatic heterocycles. The normalized spacial score (nSPS) is 10.6. The standard InChI is InChI=1S/C9H9ClN4O/c1-14-8(5-15)9(12-13-14)7-3-2-6(10)4-11-7/h2-4,15H,5H2,1H3. The minimum atomic E-state index is -0.122. The number of halogens is 1. The topological polar surface area (TPSA) is 63.8 Å². The van der Waals surface area contributed by atoms with Gasteiger partial charge in [0.2, 0.25) is 0 Å². The third-order valence-electron chi connectivity index (χ3n) is 2.06. The fraction of sp³-hybridized carbons (Fsp3) is 0.222. The lowest BCUT2D eigenvalue weighted by Crippen LogP contribution is -1.98. The van der Waals surface area contributed by atoms with Gasteiger partial charge in [0, 0.05) is 13.2 Å². The predicted octanol–water partition coefficient (Wildman–Crippen LogP) is 1.02. The first-order chi connectivity index (χ1) is 7.22. The fourth-order valence-electron chi connectivity index (χ4n) is 1.27. The van der Waals surface area contributed by atoms with Crippen molar-refractivity contribution < 1.29 is 5.11 Å². The number of rotatable bonds is 2. The first-order valence-corrected chi connectivity index (χ1v) is 4.71. The van der Waals surface area contributed by atoms with Crippen molar-refractivity contribution in [3.63, 3.8) is 0 Å². The number of aliphatic hydroxyl groups excluding tert-OH is 1. The van der Waals surface area contributed by atoms with Crippen molar-refractivity contribution in [2.45, 2.75) is 6.61 Å². The molecular weight excluding hydrogens is 216 g/mol. The molecule has 0 saturated carbocycles. The maximum atomic E-state index is 9.15. The zero-order valence-corrected chi connectivity index (χ0v) is 8.81. The fourth-order valence-corrected chi connectivity index (χ4v) is 1.38. The molecule has 2 heterocycles. The van der Waals surface area contributed by atoms with Crippen LogP contribution in [0.2, 0.25) is 5.02 Å². The van der Waals surface area contributed by atoms with E-state index < -0.39 is 0 Å². The van der Waals surface area contributed by atoms with E-state index in [-0.39, 0.29) is 6.61 Å². The van der Waals surface area contributed by atoms with Crippen LogP contribution in [0.15, 0.2) is 18.3 Å². The Balaban J connectivity index is 2.49. The molecule has 2 aromatic rings. The average molecular weight is 225 g/mol. The Kier molecular flexibility index (Phi) is 2.66. The molecule has 78 valence electrons. The van der Waals surface area contributed by atoms with Crippen LogP contribution in [0.3, 0.4) is 0 Å². The highest BCUT2D eigenvalue weighted by molar-refractivity contribution is 6.30. The summed E-state index contributed by atoms with van der Waals surface area (Å²) >= 11 is 5.72. The average Bonchev–Trinajstić information content (AvgIpc) is 2.61. The van der Waals surface area contributed by atoms with E-state index in [0.717, 1.165) is 0 Å². The third kappa shape index (κ3) is 1.84. The lowest BCUT2D eigenvalue weighted by molar-refractivity contribution is 0.271. The second kappa shape index (κ2) is 3.96. The molecule has 0 aliphatic rings. The van der Waals surface area contributed by atoms with Gasteiger partial charge in [-0.05, 0) is 12.1 Å². The van der Waals surface area contributed by atoms with Crippen LogP contribution in [0.1, 0.15) is 5.69 Å². The summed E-state index contributed by atoms with van der Waals surface area (Å²) in [6.07, 6.45) is 1.53. The first-order valence-electron chi connectivity index (χ1n) is 4.33. The van der Waals surface area contributed by atoms with E-state index in [1.807, 2.05) is 0 Å². The monoisotopic (exact) mass is 224 g/mol. The maximum Gasteiger partial charge on any atom is 0.136 e. The zero-order valence-electron chi connectivity index (χ0n) is 8.05. The second-order valence-corrected chi connectivity index (χ2v) is 3.46. The Morgan fingerprint density at radius 1 is 1.47 bits per heavy atom. The lowest BCUT2D eigenvalue weighted by atomic mass is 10.2. The van der Waals surface area contributed by atoms with Gasteiger partial charge < -0.3 is 5.11 Å². The largest absolute Gasteiger partial charge is 0.390 e. The Labute approximate surface area is 91.3 Å². The summed E-state index contributed by atoms with van der Waals surface area (Å²) in [6, 6.07) is 3.46. The minimum absolute atomic E-state index is 0.122. The first kappa shape index (κ1) is 10.1. The van der Waals surface area contributed by atoms with E-state index in [1.165, 1.54) is 10.9 Å². The third-order valence-corrected chi connectivity index (χ3v) is 2.29. The quantitative estimate of drug-likeness (QED) is 0.828. The molecule has 0 bridgehead atoms. The van der Waals surface area contributed by atoms with Gasteiger partial charge in [0.1, 0.15) is 5.69 Å². The molecule has 0 unspecified atom stereocenters. The van der Waals surface area contributed by atoms with Crippen molar-refractivity contribution in [2.75, 3.05) is 0 Å². The number of aliphatic hydroxyl groups is 1. The highest BCUT2D eigenvalue weighted by Crippen LogP contribution is 2.19. The number of pyridine rings is 1. The minimum Gasteiger partial charge on any atom is -0.390 e. The number of hydrogen-bond donors (Lipinski definition) is 1. The molecule has 0 aliphatic carbocycles. The summed E-state index contributed by atoms with van der Waals surface area (Å²) < 4.78 is 1.52. The van der Waals surface area contributed by atoms with Crippen molar-refractivity contribution >= 4 is 11.6 Å². The lowest BCUT2D eigenvalue weighted by Gasteiger charge is -1.99.